The summed E-state index contributed by atoms with van der Waals surface area (Å²) in [6, 6.07) is 0.369. The highest BCUT2D eigenvalue weighted by Crippen LogP contribution is 2.25. The maximum Gasteiger partial charge on any atom is 0.226 e. The van der Waals surface area contributed by atoms with Crippen LogP contribution < -0.4 is 0 Å². The van der Waals surface area contributed by atoms with Gasteiger partial charge in [-0.1, -0.05) is 41.5 Å². The molecule has 0 aromatic heterocycles. The van der Waals surface area contributed by atoms with Crippen molar-refractivity contribution in [1.29, 1.82) is 0 Å². The van der Waals surface area contributed by atoms with E-state index in [9.17, 15) is 4.79 Å². The smallest absolute Gasteiger partial charge is 0.226 e. The molecule has 0 saturated carbocycles. The van der Waals surface area contributed by atoms with E-state index < -0.39 is 0 Å². The molecule has 1 heterocycles. The predicted molar refractivity (Wildman–Crippen MR) is 77.1 cm³/mol. The number of piperidine rings is 1. The van der Waals surface area contributed by atoms with Crippen LogP contribution in [0, 0.1) is 11.8 Å². The molecule has 0 bridgehead atoms. The Morgan fingerprint density at radius 1 is 1.06 bits per heavy atom. The van der Waals surface area contributed by atoms with Crippen molar-refractivity contribution in [3.8, 4) is 0 Å². The summed E-state index contributed by atoms with van der Waals surface area (Å²) in [4.78, 5) is 14.0. The fourth-order valence-electron chi connectivity index (χ4n) is 2.06. The third-order valence-electron chi connectivity index (χ3n) is 2.94. The first-order valence-electron chi connectivity index (χ1n) is 7.34. The fourth-order valence-corrected chi connectivity index (χ4v) is 2.06. The van der Waals surface area contributed by atoms with Crippen LogP contribution in [-0.2, 0) is 4.79 Å². The third kappa shape index (κ3) is 6.09. The van der Waals surface area contributed by atoms with Crippen LogP contribution in [-0.4, -0.2) is 23.4 Å². The number of likely N-dealkylation sites (tertiary alicyclic amines) is 1. The van der Waals surface area contributed by atoms with E-state index in [1.807, 2.05) is 32.6 Å². The Balaban J connectivity index is 0. The van der Waals surface area contributed by atoms with Crippen molar-refractivity contribution in [2.75, 3.05) is 6.54 Å². The van der Waals surface area contributed by atoms with E-state index in [1.165, 1.54) is 6.42 Å². The van der Waals surface area contributed by atoms with E-state index in [0.29, 0.717) is 17.9 Å². The summed E-state index contributed by atoms with van der Waals surface area (Å²) < 4.78 is 0. The number of carbonyl (C=O) groups excluding carboxylic acids is 1. The molecule has 1 saturated heterocycles. The van der Waals surface area contributed by atoms with Crippen molar-refractivity contribution >= 4 is 5.91 Å². The van der Waals surface area contributed by atoms with Gasteiger partial charge in [-0.25, -0.2) is 0 Å². The molecule has 1 fully saturated rings. The number of hydrogen-bond donors (Lipinski definition) is 0. The number of amides is 1. The van der Waals surface area contributed by atoms with Crippen molar-refractivity contribution in [2.45, 2.75) is 74.3 Å². The van der Waals surface area contributed by atoms with Gasteiger partial charge in [0.1, 0.15) is 0 Å². The molecule has 17 heavy (non-hydrogen) atoms. The quantitative estimate of drug-likeness (QED) is 0.706. The second kappa shape index (κ2) is 10.6. The molecule has 104 valence electrons. The molecule has 0 N–H and O–H groups in total. The average molecular weight is 243 g/mol. The Labute approximate surface area is 109 Å². The average Bonchev–Trinajstić information content (AvgIpc) is 2.33. The van der Waals surface area contributed by atoms with Gasteiger partial charge >= 0.3 is 0 Å². The van der Waals surface area contributed by atoms with Gasteiger partial charge in [0.25, 0.3) is 0 Å². The van der Waals surface area contributed by atoms with Gasteiger partial charge in [-0.2, -0.15) is 0 Å². The fraction of sp³-hybridized carbons (Fsp3) is 0.933. The Kier molecular flexibility index (Phi) is 11.8. The van der Waals surface area contributed by atoms with Crippen molar-refractivity contribution in [3.63, 3.8) is 0 Å². The molecular formula is C15H33NO. The summed E-state index contributed by atoms with van der Waals surface area (Å²) >= 11 is 0. The number of carbonyl (C=O) groups is 1. The summed E-state index contributed by atoms with van der Waals surface area (Å²) in [5.74, 6) is 1.14. The van der Waals surface area contributed by atoms with E-state index in [1.54, 1.807) is 0 Å². The molecule has 0 aromatic rings. The van der Waals surface area contributed by atoms with Crippen LogP contribution in [0.5, 0.6) is 0 Å². The molecule has 1 aliphatic heterocycles. The van der Waals surface area contributed by atoms with Crippen LogP contribution in [0.25, 0.3) is 0 Å². The van der Waals surface area contributed by atoms with Crippen LogP contribution in [0.3, 0.4) is 0 Å². The van der Waals surface area contributed by atoms with Gasteiger partial charge in [0.05, 0.1) is 0 Å². The van der Waals surface area contributed by atoms with Crippen LogP contribution in [0.1, 0.15) is 68.2 Å². The number of rotatable bonds is 2. The maximum atomic E-state index is 11.9. The van der Waals surface area contributed by atoms with Crippen LogP contribution >= 0.6 is 0 Å². The molecule has 1 atom stereocenters. The van der Waals surface area contributed by atoms with Crippen molar-refractivity contribution in [1.82, 2.24) is 4.90 Å². The number of nitrogens with zero attached hydrogens (tertiary/aromatic N) is 1. The third-order valence-corrected chi connectivity index (χ3v) is 2.94. The molecule has 1 aliphatic rings. The summed E-state index contributed by atoms with van der Waals surface area (Å²) in [5, 5.41) is 0. The van der Waals surface area contributed by atoms with E-state index in [0.717, 1.165) is 13.0 Å². The lowest BCUT2D eigenvalue weighted by molar-refractivity contribution is -0.142. The van der Waals surface area contributed by atoms with Crippen molar-refractivity contribution in [3.05, 3.63) is 0 Å². The largest absolute Gasteiger partial charge is 0.340 e. The zero-order valence-electron chi connectivity index (χ0n) is 13.2. The van der Waals surface area contributed by atoms with E-state index in [2.05, 4.69) is 27.7 Å². The lowest BCUT2D eigenvalue weighted by Crippen LogP contribution is -2.46. The van der Waals surface area contributed by atoms with E-state index >= 15 is 0 Å². The second-order valence-electron chi connectivity index (χ2n) is 4.62. The minimum Gasteiger partial charge on any atom is -0.340 e. The highest BCUT2D eigenvalue weighted by Gasteiger charge is 2.31. The first-order valence-corrected chi connectivity index (χ1v) is 7.34. The van der Waals surface area contributed by atoms with Crippen LogP contribution in [0.2, 0.25) is 0 Å². The number of hydrogen-bond acceptors (Lipinski definition) is 1. The summed E-state index contributed by atoms with van der Waals surface area (Å²) in [5.41, 5.74) is 0. The Hall–Kier alpha value is -0.530. The Morgan fingerprint density at radius 3 is 1.88 bits per heavy atom. The Morgan fingerprint density at radius 2 is 1.53 bits per heavy atom. The van der Waals surface area contributed by atoms with Crippen molar-refractivity contribution < 1.29 is 4.79 Å². The van der Waals surface area contributed by atoms with E-state index in [-0.39, 0.29) is 5.92 Å². The first-order chi connectivity index (χ1) is 8.04. The van der Waals surface area contributed by atoms with Gasteiger partial charge in [-0.3, -0.25) is 4.79 Å². The predicted octanol–water partition coefficient (Wildman–Crippen LogP) is 4.34. The SMILES string of the molecule is CC.CC.CC(C)C1CCCN(C(C)C)C1=O. The van der Waals surface area contributed by atoms with Gasteiger partial charge in [0.15, 0.2) is 0 Å². The van der Waals surface area contributed by atoms with Gasteiger partial charge in [-0.15, -0.1) is 0 Å². The Bertz CT molecular complexity index is 169. The molecule has 0 radical (unpaired) electrons. The zero-order valence-corrected chi connectivity index (χ0v) is 13.2. The zero-order chi connectivity index (χ0) is 14.0. The summed E-state index contributed by atoms with van der Waals surface area (Å²) in [7, 11) is 0. The molecule has 1 amide bonds. The van der Waals surface area contributed by atoms with Gasteiger partial charge in [0.2, 0.25) is 5.91 Å². The summed E-state index contributed by atoms with van der Waals surface area (Å²) in [6.07, 6.45) is 2.26. The molecule has 2 nitrogen and oxygen atoms in total. The van der Waals surface area contributed by atoms with Gasteiger partial charge < -0.3 is 4.90 Å². The highest BCUT2D eigenvalue weighted by atomic mass is 16.2. The molecule has 1 rings (SSSR count). The minimum absolute atomic E-state index is 0.274. The molecule has 1 unspecified atom stereocenters. The topological polar surface area (TPSA) is 20.3 Å². The maximum absolute atomic E-state index is 11.9. The normalized spacial score (nSPS) is 19.5. The molecule has 0 spiro atoms. The van der Waals surface area contributed by atoms with Crippen molar-refractivity contribution in [2.24, 2.45) is 11.8 Å². The highest BCUT2D eigenvalue weighted by molar-refractivity contribution is 5.80. The molecular weight excluding hydrogens is 210 g/mol. The lowest BCUT2D eigenvalue weighted by Gasteiger charge is -2.36. The lowest BCUT2D eigenvalue weighted by atomic mass is 9.86. The van der Waals surface area contributed by atoms with Gasteiger partial charge in [-0.05, 0) is 32.6 Å². The van der Waals surface area contributed by atoms with E-state index in [4.69, 9.17) is 0 Å². The standard InChI is InChI=1S/C11H21NO.2C2H6/c1-8(2)10-6-5-7-12(9(3)4)11(10)13;2*1-2/h8-10H,5-7H2,1-4H3;2*1-2H3. The summed E-state index contributed by atoms with van der Waals surface area (Å²) in [6.45, 7) is 17.4. The van der Waals surface area contributed by atoms with Crippen LogP contribution in [0.15, 0.2) is 0 Å². The van der Waals surface area contributed by atoms with Crippen LogP contribution in [0.4, 0.5) is 0 Å². The van der Waals surface area contributed by atoms with Gasteiger partial charge in [0, 0.05) is 18.5 Å². The minimum atomic E-state index is 0.274. The second-order valence-corrected chi connectivity index (χ2v) is 4.62. The monoisotopic (exact) mass is 243 g/mol. The molecule has 0 aliphatic carbocycles. The molecule has 0 aromatic carbocycles. The first kappa shape index (κ1) is 18.8. The molecule has 2 heteroatoms.